The number of nitrogens with zero attached hydrogens (tertiary/aromatic N) is 2. The van der Waals surface area contributed by atoms with Crippen molar-refractivity contribution in [1.29, 1.82) is 0 Å². The fourth-order valence-electron chi connectivity index (χ4n) is 2.52. The molecule has 0 N–H and O–H groups in total. The molecule has 0 fully saturated rings. The molecule has 0 aromatic carbocycles. The molecule has 0 bridgehead atoms. The van der Waals surface area contributed by atoms with Crippen LogP contribution in [0.15, 0.2) is 9.98 Å². The van der Waals surface area contributed by atoms with Crippen molar-refractivity contribution in [2.45, 2.75) is 63.1 Å². The first kappa shape index (κ1) is 26.2. The van der Waals surface area contributed by atoms with E-state index in [9.17, 15) is 19.2 Å². The van der Waals surface area contributed by atoms with E-state index in [0.29, 0.717) is 36.1 Å². The number of carbonyl (C=O) groups excluding carboxylic acids is 4. The summed E-state index contributed by atoms with van der Waals surface area (Å²) in [6.45, 7) is 7.90. The molecule has 0 aromatic rings. The molecule has 0 unspecified atom stereocenters. The second-order valence-corrected chi connectivity index (χ2v) is 10.7. The Kier molecular flexibility index (Phi) is 9.14. The first-order chi connectivity index (χ1) is 14.9. The van der Waals surface area contributed by atoms with Gasteiger partial charge in [-0.3, -0.25) is 4.79 Å². The average Bonchev–Trinajstić information content (AvgIpc) is 3.09. The van der Waals surface area contributed by atoms with Gasteiger partial charge in [0.05, 0.1) is 0 Å². The highest BCUT2D eigenvalue weighted by Gasteiger charge is 2.37. The standard InChI is InChI=1S/C20H28N2O8S2/c1-12(23)27-8-9-28-15(24)16(31-10-6-13-21-19(2,3)17(25)29-13)32-11-7-14-22-20(4,5)18(26)30-14/h16H,6-11H2,1-5H3. The minimum Gasteiger partial charge on any atom is -0.462 e. The number of aliphatic imine (C=N–C) groups is 2. The van der Waals surface area contributed by atoms with E-state index in [2.05, 4.69) is 9.98 Å². The highest BCUT2D eigenvalue weighted by atomic mass is 32.2. The van der Waals surface area contributed by atoms with Crippen LogP contribution in [0.25, 0.3) is 0 Å². The van der Waals surface area contributed by atoms with Crippen LogP contribution < -0.4 is 0 Å². The van der Waals surface area contributed by atoms with E-state index in [-0.39, 0.29) is 13.2 Å². The van der Waals surface area contributed by atoms with Crippen LogP contribution in [-0.4, -0.2) is 76.1 Å². The second-order valence-electron chi connectivity index (χ2n) is 7.99. The van der Waals surface area contributed by atoms with Gasteiger partial charge in [-0.15, -0.1) is 23.5 Å². The van der Waals surface area contributed by atoms with E-state index in [1.807, 2.05) is 0 Å². The van der Waals surface area contributed by atoms with Gasteiger partial charge in [-0.2, -0.15) is 0 Å². The molecular formula is C20H28N2O8S2. The zero-order valence-corrected chi connectivity index (χ0v) is 20.4. The summed E-state index contributed by atoms with van der Waals surface area (Å²) in [6, 6.07) is 0. The third kappa shape index (κ3) is 7.80. The van der Waals surface area contributed by atoms with E-state index >= 15 is 0 Å². The summed E-state index contributed by atoms with van der Waals surface area (Å²) in [7, 11) is 0. The van der Waals surface area contributed by atoms with Gasteiger partial charge in [0.25, 0.3) is 0 Å². The second kappa shape index (κ2) is 11.2. The number of ether oxygens (including phenoxy) is 4. The number of esters is 4. The average molecular weight is 489 g/mol. The van der Waals surface area contributed by atoms with Crippen molar-refractivity contribution in [1.82, 2.24) is 0 Å². The van der Waals surface area contributed by atoms with E-state index < -0.39 is 39.5 Å². The Bertz CT molecular complexity index is 772. The molecule has 2 aliphatic rings. The molecule has 32 heavy (non-hydrogen) atoms. The van der Waals surface area contributed by atoms with Crippen LogP contribution in [0, 0.1) is 0 Å². The molecule has 178 valence electrons. The molecule has 12 heteroatoms. The van der Waals surface area contributed by atoms with E-state index in [4.69, 9.17) is 18.9 Å². The zero-order chi connectivity index (χ0) is 23.9. The Balaban J connectivity index is 1.86. The molecule has 0 amide bonds. The maximum Gasteiger partial charge on any atom is 0.340 e. The molecule has 0 radical (unpaired) electrons. The molecule has 0 aromatic heterocycles. The summed E-state index contributed by atoms with van der Waals surface area (Å²) >= 11 is 2.65. The van der Waals surface area contributed by atoms with Gasteiger partial charge in [-0.25, -0.2) is 24.4 Å². The lowest BCUT2D eigenvalue weighted by Crippen LogP contribution is -2.25. The van der Waals surface area contributed by atoms with Gasteiger partial charge in [0.1, 0.15) is 17.8 Å². The molecule has 0 atom stereocenters. The third-order valence-corrected chi connectivity index (χ3v) is 6.91. The Morgan fingerprint density at radius 3 is 1.69 bits per heavy atom. The molecule has 10 nitrogen and oxygen atoms in total. The largest absolute Gasteiger partial charge is 0.462 e. The van der Waals surface area contributed by atoms with Crippen molar-refractivity contribution in [3.63, 3.8) is 0 Å². The Labute approximate surface area is 195 Å². The van der Waals surface area contributed by atoms with Crippen molar-refractivity contribution in [3.8, 4) is 0 Å². The maximum atomic E-state index is 12.5. The van der Waals surface area contributed by atoms with Crippen molar-refractivity contribution < 1.29 is 38.1 Å². The molecule has 2 heterocycles. The van der Waals surface area contributed by atoms with Crippen LogP contribution in [-0.2, 0) is 38.1 Å². The first-order valence-corrected chi connectivity index (χ1v) is 12.2. The summed E-state index contributed by atoms with van der Waals surface area (Å²) in [6.07, 6.45) is 0.770. The lowest BCUT2D eigenvalue weighted by atomic mass is 10.1. The van der Waals surface area contributed by atoms with Gasteiger partial charge in [0.2, 0.25) is 0 Å². The summed E-state index contributed by atoms with van der Waals surface area (Å²) in [5.41, 5.74) is -1.78. The van der Waals surface area contributed by atoms with Gasteiger partial charge in [-0.1, -0.05) is 0 Å². The number of hydrogen-bond acceptors (Lipinski definition) is 12. The van der Waals surface area contributed by atoms with Gasteiger partial charge in [0, 0.05) is 31.3 Å². The van der Waals surface area contributed by atoms with Crippen molar-refractivity contribution >= 4 is 59.2 Å². The Morgan fingerprint density at radius 2 is 1.31 bits per heavy atom. The quantitative estimate of drug-likeness (QED) is 0.174. The topological polar surface area (TPSA) is 130 Å². The summed E-state index contributed by atoms with van der Waals surface area (Å²) in [4.78, 5) is 55.3. The Hall–Kier alpha value is -2.08. The fraction of sp³-hybridized carbons (Fsp3) is 0.700. The smallest absolute Gasteiger partial charge is 0.340 e. The highest BCUT2D eigenvalue weighted by Crippen LogP contribution is 2.29. The zero-order valence-electron chi connectivity index (χ0n) is 18.8. The van der Waals surface area contributed by atoms with Gasteiger partial charge < -0.3 is 18.9 Å². The minimum absolute atomic E-state index is 0.0210. The number of rotatable bonds is 12. The predicted octanol–water partition coefficient (Wildman–Crippen LogP) is 2.13. The lowest BCUT2D eigenvalue weighted by molar-refractivity contribution is -0.149. The van der Waals surface area contributed by atoms with E-state index in [0.717, 1.165) is 0 Å². The van der Waals surface area contributed by atoms with Crippen molar-refractivity contribution in [2.24, 2.45) is 9.98 Å². The number of thioether (sulfide) groups is 2. The SMILES string of the molecule is CC(=O)OCCOC(=O)C(SCCC1=NC(C)(C)C(=O)O1)SCCC1=NC(C)(C)C(=O)O1. The minimum atomic E-state index is -0.892. The van der Waals surface area contributed by atoms with Gasteiger partial charge in [0.15, 0.2) is 22.9 Å². The van der Waals surface area contributed by atoms with Crippen LogP contribution in [0.5, 0.6) is 0 Å². The molecule has 0 saturated carbocycles. The third-order valence-electron chi connectivity index (χ3n) is 4.22. The van der Waals surface area contributed by atoms with E-state index in [1.165, 1.54) is 30.4 Å². The summed E-state index contributed by atoms with van der Waals surface area (Å²) in [5, 5.41) is 0. The van der Waals surface area contributed by atoms with E-state index in [1.54, 1.807) is 27.7 Å². The van der Waals surface area contributed by atoms with Crippen LogP contribution in [0.4, 0.5) is 0 Å². The van der Waals surface area contributed by atoms with Gasteiger partial charge >= 0.3 is 23.9 Å². The number of carbonyl (C=O) groups is 4. The molecule has 0 saturated heterocycles. The van der Waals surface area contributed by atoms with Crippen LogP contribution >= 0.6 is 23.5 Å². The molecule has 2 rings (SSSR count). The normalized spacial score (nSPS) is 18.7. The highest BCUT2D eigenvalue weighted by molar-refractivity contribution is 8.18. The predicted molar refractivity (Wildman–Crippen MR) is 121 cm³/mol. The van der Waals surface area contributed by atoms with Crippen LogP contribution in [0.3, 0.4) is 0 Å². The van der Waals surface area contributed by atoms with Crippen molar-refractivity contribution in [3.05, 3.63) is 0 Å². The number of hydrogen-bond donors (Lipinski definition) is 0. The Morgan fingerprint density at radius 1 is 0.875 bits per heavy atom. The van der Waals surface area contributed by atoms with Crippen LogP contribution in [0.2, 0.25) is 0 Å². The fourth-order valence-corrected chi connectivity index (χ4v) is 4.91. The van der Waals surface area contributed by atoms with Crippen molar-refractivity contribution in [2.75, 3.05) is 24.7 Å². The molecule has 0 spiro atoms. The molecule has 2 aliphatic heterocycles. The molecular weight excluding hydrogens is 460 g/mol. The summed E-state index contributed by atoms with van der Waals surface area (Å²) < 4.78 is 19.7. The number of cyclic esters (lactones) is 2. The first-order valence-electron chi connectivity index (χ1n) is 10.1. The summed E-state index contributed by atoms with van der Waals surface area (Å²) in [5.74, 6) is -0.0902. The van der Waals surface area contributed by atoms with Gasteiger partial charge in [-0.05, 0) is 27.7 Å². The molecule has 0 aliphatic carbocycles. The van der Waals surface area contributed by atoms with Crippen LogP contribution in [0.1, 0.15) is 47.5 Å². The lowest BCUT2D eigenvalue weighted by Gasteiger charge is -2.15. The monoisotopic (exact) mass is 488 g/mol. The maximum absolute atomic E-state index is 12.5.